The van der Waals surface area contributed by atoms with Gasteiger partial charge in [-0.3, -0.25) is 0 Å². The number of carboxylic acids is 1. The third kappa shape index (κ3) is 7.47. The third-order valence-electron chi connectivity index (χ3n) is 5.81. The van der Waals surface area contributed by atoms with Crippen LogP contribution in [0.1, 0.15) is 22.0 Å². The summed E-state index contributed by atoms with van der Waals surface area (Å²) >= 11 is 2.92. The van der Waals surface area contributed by atoms with Crippen LogP contribution in [0.5, 0.6) is 11.5 Å². The van der Waals surface area contributed by atoms with Gasteiger partial charge < -0.3 is 19.1 Å². The van der Waals surface area contributed by atoms with Crippen LogP contribution in [0.4, 0.5) is 13.2 Å². The molecule has 8 nitrogen and oxygen atoms in total. The van der Waals surface area contributed by atoms with E-state index in [0.29, 0.717) is 45.2 Å². The summed E-state index contributed by atoms with van der Waals surface area (Å²) in [5.41, 5.74) is 1.29. The molecule has 0 saturated heterocycles. The molecule has 2 heterocycles. The molecule has 216 valence electrons. The molecule has 0 saturated carbocycles. The number of nitrogens with zero attached hydrogens (tertiary/aromatic N) is 3. The van der Waals surface area contributed by atoms with Crippen molar-refractivity contribution in [3.05, 3.63) is 94.8 Å². The fourth-order valence-electron chi connectivity index (χ4n) is 3.73. The number of hydrogen-bond donors (Lipinski definition) is 1. The van der Waals surface area contributed by atoms with E-state index in [4.69, 9.17) is 24.1 Å². The zero-order valence-corrected chi connectivity index (χ0v) is 23.6. The minimum atomic E-state index is -4.42. The van der Waals surface area contributed by atoms with Gasteiger partial charge in [0.2, 0.25) is 11.7 Å². The molecule has 5 rings (SSSR count). The number of aliphatic carboxylic acids is 1. The maximum atomic E-state index is 13.1. The molecule has 1 N–H and O–H groups in total. The fourth-order valence-corrected chi connectivity index (χ4v) is 5.80. The van der Waals surface area contributed by atoms with Crippen molar-refractivity contribution < 1.29 is 37.1 Å². The van der Waals surface area contributed by atoms with Crippen LogP contribution < -0.4 is 9.47 Å². The number of thiazole rings is 1. The molecule has 3 aromatic carbocycles. The molecule has 0 aliphatic rings. The first-order valence-electron chi connectivity index (χ1n) is 12.4. The first kappa shape index (κ1) is 29.1. The number of carbonyl (C=O) groups is 1. The molecule has 42 heavy (non-hydrogen) atoms. The lowest BCUT2D eigenvalue weighted by Gasteiger charge is -2.07. The number of alkyl halides is 3. The van der Waals surface area contributed by atoms with Crippen LogP contribution in [0.15, 0.2) is 82.2 Å². The fraction of sp³-hybridized carbons (Fsp3) is 0.172. The van der Waals surface area contributed by atoms with Crippen molar-refractivity contribution in [3.8, 4) is 33.5 Å². The zero-order valence-electron chi connectivity index (χ0n) is 21.9. The van der Waals surface area contributed by atoms with Crippen molar-refractivity contribution in [2.75, 3.05) is 6.61 Å². The van der Waals surface area contributed by atoms with Gasteiger partial charge in [-0.25, -0.2) is 9.78 Å². The summed E-state index contributed by atoms with van der Waals surface area (Å²) in [7, 11) is 0. The van der Waals surface area contributed by atoms with Gasteiger partial charge in [-0.05, 0) is 60.7 Å². The molecule has 13 heteroatoms. The van der Waals surface area contributed by atoms with E-state index in [-0.39, 0.29) is 6.61 Å². The molecule has 0 aliphatic carbocycles. The van der Waals surface area contributed by atoms with E-state index in [0.717, 1.165) is 27.5 Å². The second-order valence-corrected chi connectivity index (χ2v) is 11.0. The summed E-state index contributed by atoms with van der Waals surface area (Å²) < 4.78 is 55.4. The Morgan fingerprint density at radius 1 is 0.929 bits per heavy atom. The first-order valence-corrected chi connectivity index (χ1v) is 14.2. The molecule has 0 atom stereocenters. The summed E-state index contributed by atoms with van der Waals surface area (Å²) in [6.07, 6.45) is -4.42. The van der Waals surface area contributed by atoms with E-state index >= 15 is 0 Å². The Kier molecular flexibility index (Phi) is 8.78. The van der Waals surface area contributed by atoms with Crippen LogP contribution in [-0.4, -0.2) is 32.8 Å². The largest absolute Gasteiger partial charge is 0.487 e. The monoisotopic (exact) mass is 613 g/mol. The molecule has 0 fully saturated rings. The van der Waals surface area contributed by atoms with Gasteiger partial charge in [0.1, 0.15) is 23.1 Å². The molecule has 5 aromatic rings. The average molecular weight is 614 g/mol. The van der Waals surface area contributed by atoms with Crippen molar-refractivity contribution in [1.82, 2.24) is 15.1 Å². The highest BCUT2D eigenvalue weighted by Gasteiger charge is 2.30. The molecule has 2 aromatic heterocycles. The van der Waals surface area contributed by atoms with Crippen molar-refractivity contribution in [2.24, 2.45) is 0 Å². The molecule has 0 radical (unpaired) electrons. The van der Waals surface area contributed by atoms with E-state index in [1.807, 2.05) is 24.3 Å². The van der Waals surface area contributed by atoms with Crippen molar-refractivity contribution in [3.63, 3.8) is 0 Å². The quantitative estimate of drug-likeness (QED) is 0.151. The summed E-state index contributed by atoms with van der Waals surface area (Å²) in [5, 5.41) is 13.3. The molecule has 0 bridgehead atoms. The van der Waals surface area contributed by atoms with Crippen molar-refractivity contribution >= 4 is 29.1 Å². The maximum absolute atomic E-state index is 13.1. The SMILES string of the molecule is Cc1nc(-c2ccc(OCc3nc(-c4ccc(C(F)(F)F)cc4)sc3CSc3ccc(OCC(=O)O)cc3)cc2)no1. The zero-order chi connectivity index (χ0) is 29.7. The summed E-state index contributed by atoms with van der Waals surface area (Å²) in [5.74, 6) is 1.45. The molecular formula is C29H22F3N3O5S2. The Morgan fingerprint density at radius 2 is 1.57 bits per heavy atom. The summed E-state index contributed by atoms with van der Waals surface area (Å²) in [6, 6.07) is 19.1. The highest BCUT2D eigenvalue weighted by atomic mass is 32.2. The van der Waals surface area contributed by atoms with Gasteiger partial charge in [0.05, 0.1) is 11.3 Å². The predicted molar refractivity (Wildman–Crippen MR) is 150 cm³/mol. The van der Waals surface area contributed by atoms with E-state index < -0.39 is 24.3 Å². The minimum Gasteiger partial charge on any atom is -0.487 e. The van der Waals surface area contributed by atoms with Crippen LogP contribution in [-0.2, 0) is 23.3 Å². The summed E-state index contributed by atoms with van der Waals surface area (Å²) in [4.78, 5) is 21.5. The predicted octanol–water partition coefficient (Wildman–Crippen LogP) is 7.52. The van der Waals surface area contributed by atoms with E-state index in [9.17, 15) is 18.0 Å². The first-order chi connectivity index (χ1) is 20.1. The number of aryl methyl sites for hydroxylation is 1. The Hall–Kier alpha value is -4.36. The van der Waals surface area contributed by atoms with Gasteiger partial charge in [0.25, 0.3) is 0 Å². The van der Waals surface area contributed by atoms with E-state index in [1.54, 1.807) is 31.2 Å². The van der Waals surface area contributed by atoms with Crippen LogP contribution in [0.25, 0.3) is 22.0 Å². The number of halogens is 3. The normalized spacial score (nSPS) is 11.4. The number of thioether (sulfide) groups is 1. The number of carboxylic acid groups (broad SMARTS) is 1. The van der Waals surface area contributed by atoms with Crippen LogP contribution in [0.3, 0.4) is 0 Å². The van der Waals surface area contributed by atoms with Crippen molar-refractivity contribution in [2.45, 2.75) is 30.4 Å². The Morgan fingerprint density at radius 3 is 2.19 bits per heavy atom. The van der Waals surface area contributed by atoms with Gasteiger partial charge in [0, 0.05) is 33.6 Å². The third-order valence-corrected chi connectivity index (χ3v) is 8.18. The number of rotatable bonds is 11. The van der Waals surface area contributed by atoms with Gasteiger partial charge in [-0.2, -0.15) is 18.2 Å². The lowest BCUT2D eigenvalue weighted by Crippen LogP contribution is -2.09. The Bertz CT molecular complexity index is 1650. The summed E-state index contributed by atoms with van der Waals surface area (Å²) in [6.45, 7) is 1.43. The highest BCUT2D eigenvalue weighted by Crippen LogP contribution is 2.36. The number of aromatic nitrogens is 3. The molecule has 0 amide bonds. The van der Waals surface area contributed by atoms with E-state index in [1.165, 1.54) is 35.2 Å². The second-order valence-electron chi connectivity index (χ2n) is 8.86. The Balaban J connectivity index is 1.32. The average Bonchev–Trinajstić information content (AvgIpc) is 3.60. The van der Waals surface area contributed by atoms with Crippen LogP contribution in [0, 0.1) is 6.92 Å². The Labute approximate surface area is 246 Å². The topological polar surface area (TPSA) is 108 Å². The molecule has 0 unspecified atom stereocenters. The molecule has 0 aliphatic heterocycles. The minimum absolute atomic E-state index is 0.148. The number of hydrogen-bond acceptors (Lipinski definition) is 9. The van der Waals surface area contributed by atoms with Gasteiger partial charge in [-0.1, -0.05) is 17.3 Å². The van der Waals surface area contributed by atoms with Gasteiger partial charge in [0.15, 0.2) is 6.61 Å². The smallest absolute Gasteiger partial charge is 0.416 e. The molecule has 0 spiro atoms. The second kappa shape index (κ2) is 12.7. The maximum Gasteiger partial charge on any atom is 0.416 e. The molecular weight excluding hydrogens is 591 g/mol. The van der Waals surface area contributed by atoms with E-state index in [2.05, 4.69) is 10.1 Å². The number of ether oxygens (including phenoxy) is 2. The lowest BCUT2D eigenvalue weighted by atomic mass is 10.1. The highest BCUT2D eigenvalue weighted by molar-refractivity contribution is 7.98. The van der Waals surface area contributed by atoms with Gasteiger partial charge in [-0.15, -0.1) is 23.1 Å². The van der Waals surface area contributed by atoms with Gasteiger partial charge >= 0.3 is 12.1 Å². The number of benzene rings is 3. The van der Waals surface area contributed by atoms with Crippen molar-refractivity contribution in [1.29, 1.82) is 0 Å². The lowest BCUT2D eigenvalue weighted by molar-refractivity contribution is -0.139. The standard InChI is InChI=1S/C29H22F3N3O5S2/c1-17-33-27(35-40-17)18-4-8-21(9-5-18)38-14-24-25(16-41-23-12-10-22(11-13-23)39-15-26(36)37)42-28(34-24)19-2-6-20(7-3-19)29(30,31)32/h2-13H,14-16H2,1H3,(H,36,37). The van der Waals surface area contributed by atoms with Crippen LogP contribution in [0.2, 0.25) is 0 Å². The van der Waals surface area contributed by atoms with Crippen LogP contribution >= 0.6 is 23.1 Å².